The Morgan fingerprint density at radius 2 is 2.05 bits per heavy atom. The third-order valence-electron chi connectivity index (χ3n) is 3.21. The minimum absolute atomic E-state index is 0.276. The van der Waals surface area contributed by atoms with Crippen molar-refractivity contribution in [3.8, 4) is 11.3 Å². The average molecular weight is 273 g/mol. The predicted octanol–water partition coefficient (Wildman–Crippen LogP) is 2.11. The molecule has 0 spiro atoms. The molecule has 1 N–H and O–H groups in total. The fourth-order valence-electron chi connectivity index (χ4n) is 2.17. The predicted molar refractivity (Wildman–Crippen MR) is 71.8 cm³/mol. The van der Waals surface area contributed by atoms with Gasteiger partial charge >= 0.3 is 5.97 Å². The fraction of sp³-hybridized carbons (Fsp3) is 0.267. The number of nitrogens with one attached hydrogen (secondary N) is 1. The number of methoxy groups -OCH3 is 1. The lowest BCUT2D eigenvalue weighted by atomic mass is 10.2. The van der Waals surface area contributed by atoms with Gasteiger partial charge in [0.05, 0.1) is 13.7 Å². The molecule has 0 bridgehead atoms. The highest BCUT2D eigenvalue weighted by Gasteiger charge is 2.33. The van der Waals surface area contributed by atoms with E-state index in [4.69, 9.17) is 9.15 Å². The van der Waals surface area contributed by atoms with Crippen molar-refractivity contribution in [2.45, 2.75) is 12.3 Å². The number of furan rings is 1. The molecule has 3 rings (SSSR count). The van der Waals surface area contributed by atoms with E-state index in [1.807, 2.05) is 42.5 Å². The molecule has 0 aliphatic carbocycles. The molecule has 5 nitrogen and oxygen atoms in total. The largest absolute Gasteiger partial charge is 0.468 e. The average Bonchev–Trinajstić information content (AvgIpc) is 3.16. The number of rotatable bonds is 3. The molecule has 2 heterocycles. The van der Waals surface area contributed by atoms with Crippen LogP contribution in [0, 0.1) is 0 Å². The van der Waals surface area contributed by atoms with Crippen LogP contribution in [0.3, 0.4) is 0 Å². The van der Waals surface area contributed by atoms with Crippen molar-refractivity contribution in [2.75, 3.05) is 13.7 Å². The maximum absolute atomic E-state index is 11.4. The number of hydrogen-bond donors (Lipinski definition) is 1. The minimum Gasteiger partial charge on any atom is -0.468 e. The summed E-state index contributed by atoms with van der Waals surface area (Å²) in [4.78, 5) is 11.4. The van der Waals surface area contributed by atoms with Crippen LogP contribution in [0.25, 0.3) is 11.3 Å². The minimum atomic E-state index is -0.449. The Morgan fingerprint density at radius 1 is 1.25 bits per heavy atom. The molecule has 1 aliphatic heterocycles. The Kier molecular flexibility index (Phi) is 3.54. The zero-order valence-electron chi connectivity index (χ0n) is 11.0. The van der Waals surface area contributed by atoms with Gasteiger partial charge in [-0.25, -0.2) is 0 Å². The summed E-state index contributed by atoms with van der Waals surface area (Å²) in [5.41, 5.74) is 1.00. The van der Waals surface area contributed by atoms with Gasteiger partial charge in [-0.15, -0.1) is 0 Å². The first-order valence-corrected chi connectivity index (χ1v) is 6.38. The maximum atomic E-state index is 11.4. The molecule has 1 aromatic heterocycles. The van der Waals surface area contributed by atoms with Crippen LogP contribution in [0.4, 0.5) is 0 Å². The van der Waals surface area contributed by atoms with Gasteiger partial charge in [-0.2, -0.15) is 0 Å². The van der Waals surface area contributed by atoms with Gasteiger partial charge in [-0.1, -0.05) is 30.3 Å². The Morgan fingerprint density at radius 3 is 2.80 bits per heavy atom. The second kappa shape index (κ2) is 5.48. The van der Waals surface area contributed by atoms with Crippen LogP contribution < -0.4 is 5.32 Å². The third kappa shape index (κ3) is 2.45. The molecule has 1 aliphatic rings. The molecular formula is C15H15NO4. The maximum Gasteiger partial charge on any atom is 0.325 e. The topological polar surface area (TPSA) is 60.7 Å². The number of carbonyl (C=O) groups is 1. The zero-order valence-corrected chi connectivity index (χ0v) is 11.0. The second-order valence-corrected chi connectivity index (χ2v) is 4.52. The highest BCUT2D eigenvalue weighted by Crippen LogP contribution is 2.28. The van der Waals surface area contributed by atoms with E-state index in [-0.39, 0.29) is 12.6 Å². The Bertz CT molecular complexity index is 593. The number of hydrogen-bond acceptors (Lipinski definition) is 5. The molecule has 20 heavy (non-hydrogen) atoms. The van der Waals surface area contributed by atoms with Crippen LogP contribution in [0.2, 0.25) is 0 Å². The molecule has 0 amide bonds. The number of esters is 1. The SMILES string of the molecule is COC(=O)C1COC(c2ccc(-c3ccccc3)o2)N1. The van der Waals surface area contributed by atoms with Gasteiger partial charge in [0.1, 0.15) is 17.6 Å². The number of carbonyl (C=O) groups excluding carboxylic acids is 1. The summed E-state index contributed by atoms with van der Waals surface area (Å²) in [5.74, 6) is 1.09. The van der Waals surface area contributed by atoms with E-state index in [0.717, 1.165) is 11.3 Å². The molecule has 2 atom stereocenters. The molecule has 1 aromatic carbocycles. The molecule has 1 saturated heterocycles. The van der Waals surface area contributed by atoms with Gasteiger partial charge in [0.25, 0.3) is 0 Å². The fourth-order valence-corrected chi connectivity index (χ4v) is 2.17. The van der Waals surface area contributed by atoms with Crippen LogP contribution in [0.5, 0.6) is 0 Å². The molecule has 1 fully saturated rings. The molecule has 2 aromatic rings. The van der Waals surface area contributed by atoms with E-state index < -0.39 is 12.3 Å². The molecule has 0 saturated carbocycles. The first-order chi connectivity index (χ1) is 9.78. The van der Waals surface area contributed by atoms with Gasteiger partial charge in [-0.3, -0.25) is 10.1 Å². The van der Waals surface area contributed by atoms with E-state index >= 15 is 0 Å². The van der Waals surface area contributed by atoms with E-state index in [1.54, 1.807) is 0 Å². The van der Waals surface area contributed by atoms with Gasteiger partial charge in [0.2, 0.25) is 0 Å². The standard InChI is InChI=1S/C15H15NO4/c1-18-15(17)11-9-19-14(16-11)13-8-7-12(20-13)10-5-3-2-4-6-10/h2-8,11,14,16H,9H2,1H3. The summed E-state index contributed by atoms with van der Waals surface area (Å²) in [5, 5.41) is 3.03. The summed E-state index contributed by atoms with van der Waals surface area (Å²) in [6.45, 7) is 0.276. The van der Waals surface area contributed by atoms with Crippen molar-refractivity contribution >= 4 is 5.97 Å². The first-order valence-electron chi connectivity index (χ1n) is 6.38. The van der Waals surface area contributed by atoms with Crippen LogP contribution in [-0.4, -0.2) is 25.7 Å². The van der Waals surface area contributed by atoms with Crippen LogP contribution >= 0.6 is 0 Å². The second-order valence-electron chi connectivity index (χ2n) is 4.52. The lowest BCUT2D eigenvalue weighted by Gasteiger charge is -2.08. The molecular weight excluding hydrogens is 258 g/mol. The highest BCUT2D eigenvalue weighted by molar-refractivity contribution is 5.76. The van der Waals surface area contributed by atoms with E-state index in [1.165, 1.54) is 7.11 Å². The number of benzene rings is 1. The van der Waals surface area contributed by atoms with Crippen molar-refractivity contribution in [1.29, 1.82) is 0 Å². The van der Waals surface area contributed by atoms with Crippen molar-refractivity contribution in [3.63, 3.8) is 0 Å². The summed E-state index contributed by atoms with van der Waals surface area (Å²) < 4.78 is 16.0. The quantitative estimate of drug-likeness (QED) is 0.868. The molecule has 5 heteroatoms. The molecule has 104 valence electrons. The monoisotopic (exact) mass is 273 g/mol. The summed E-state index contributed by atoms with van der Waals surface area (Å²) in [7, 11) is 1.36. The Labute approximate surface area is 116 Å². The van der Waals surface area contributed by atoms with Crippen LogP contribution in [0.1, 0.15) is 12.0 Å². The van der Waals surface area contributed by atoms with Gasteiger partial charge in [0, 0.05) is 5.56 Å². The summed E-state index contributed by atoms with van der Waals surface area (Å²) in [6.07, 6.45) is -0.420. The normalized spacial score (nSPS) is 21.9. The van der Waals surface area contributed by atoms with Gasteiger partial charge in [-0.05, 0) is 12.1 Å². The van der Waals surface area contributed by atoms with Gasteiger partial charge < -0.3 is 13.9 Å². The third-order valence-corrected chi connectivity index (χ3v) is 3.21. The van der Waals surface area contributed by atoms with Crippen molar-refractivity contribution in [2.24, 2.45) is 0 Å². The van der Waals surface area contributed by atoms with E-state index in [9.17, 15) is 4.79 Å². The summed E-state index contributed by atoms with van der Waals surface area (Å²) >= 11 is 0. The van der Waals surface area contributed by atoms with E-state index in [0.29, 0.717) is 5.76 Å². The lowest BCUT2D eigenvalue weighted by Crippen LogP contribution is -2.34. The molecule has 2 unspecified atom stereocenters. The summed E-state index contributed by atoms with van der Waals surface area (Å²) in [6, 6.07) is 13.1. The molecule has 0 radical (unpaired) electrons. The number of ether oxygens (including phenoxy) is 2. The van der Waals surface area contributed by atoms with Crippen LogP contribution in [-0.2, 0) is 14.3 Å². The Hall–Kier alpha value is -2.11. The van der Waals surface area contributed by atoms with Crippen molar-refractivity contribution < 1.29 is 18.7 Å². The van der Waals surface area contributed by atoms with Crippen LogP contribution in [0.15, 0.2) is 46.9 Å². The van der Waals surface area contributed by atoms with Crippen molar-refractivity contribution in [3.05, 3.63) is 48.2 Å². The zero-order chi connectivity index (χ0) is 13.9. The highest BCUT2D eigenvalue weighted by atomic mass is 16.5. The van der Waals surface area contributed by atoms with Crippen molar-refractivity contribution in [1.82, 2.24) is 5.32 Å². The first kappa shape index (κ1) is 12.9. The lowest BCUT2D eigenvalue weighted by molar-refractivity contribution is -0.142. The Balaban J connectivity index is 1.74. The van der Waals surface area contributed by atoms with Gasteiger partial charge in [0.15, 0.2) is 6.23 Å². The van der Waals surface area contributed by atoms with E-state index in [2.05, 4.69) is 10.1 Å². The smallest absolute Gasteiger partial charge is 0.325 e.